The molecule has 0 radical (unpaired) electrons. The van der Waals surface area contributed by atoms with Crippen LogP contribution in [0.15, 0.2) is 35.1 Å². The van der Waals surface area contributed by atoms with E-state index >= 15 is 0 Å². The average Bonchev–Trinajstić information content (AvgIpc) is 3.01. The van der Waals surface area contributed by atoms with Crippen molar-refractivity contribution in [1.29, 1.82) is 0 Å². The number of benzene rings is 1. The summed E-state index contributed by atoms with van der Waals surface area (Å²) in [6, 6.07) is 9.12. The van der Waals surface area contributed by atoms with E-state index in [4.69, 9.17) is 21.3 Å². The molecule has 0 saturated heterocycles. The number of halogens is 1. The number of rotatable bonds is 1. The van der Waals surface area contributed by atoms with Crippen molar-refractivity contribution in [3.05, 3.63) is 62.4 Å². The first-order valence-electron chi connectivity index (χ1n) is 8.68. The molecular weight excluding hydrogens is 368 g/mol. The number of fused-ring (bicyclic) bond motifs is 5. The molecule has 1 N–H and O–H groups in total. The van der Waals surface area contributed by atoms with Gasteiger partial charge in [0.15, 0.2) is 5.60 Å². The summed E-state index contributed by atoms with van der Waals surface area (Å²) in [5, 5.41) is 12.4. The lowest BCUT2D eigenvalue weighted by Crippen LogP contribution is -2.44. The van der Waals surface area contributed by atoms with E-state index < -0.39 is 11.6 Å². The number of carbonyl (C=O) groups is 1. The Morgan fingerprint density at radius 3 is 2.89 bits per heavy atom. The Balaban J connectivity index is 1.80. The Hall–Kier alpha value is -2.70. The molecule has 1 aromatic carbocycles. The third-order valence-electron chi connectivity index (χ3n) is 5.47. The maximum atomic E-state index is 13.0. The molecule has 6 nitrogen and oxygen atoms in total. The summed E-state index contributed by atoms with van der Waals surface area (Å²) in [7, 11) is 0. The summed E-state index contributed by atoms with van der Waals surface area (Å²) in [5.74, 6) is -0.721. The molecule has 0 spiro atoms. The Morgan fingerprint density at radius 1 is 1.30 bits per heavy atom. The van der Waals surface area contributed by atoms with Crippen molar-refractivity contribution in [2.75, 3.05) is 0 Å². The molecule has 0 fully saturated rings. The van der Waals surface area contributed by atoms with E-state index in [0.717, 1.165) is 16.5 Å². The summed E-state index contributed by atoms with van der Waals surface area (Å²) >= 11 is 6.07. The van der Waals surface area contributed by atoms with Gasteiger partial charge in [0, 0.05) is 21.5 Å². The first-order chi connectivity index (χ1) is 12.9. The molecule has 0 amide bonds. The molecule has 1 atom stereocenters. The van der Waals surface area contributed by atoms with E-state index in [-0.39, 0.29) is 18.6 Å². The Kier molecular flexibility index (Phi) is 3.30. The molecule has 5 rings (SSSR count). The highest BCUT2D eigenvalue weighted by Gasteiger charge is 2.45. The van der Waals surface area contributed by atoms with Gasteiger partial charge in [0.05, 0.1) is 29.0 Å². The van der Waals surface area contributed by atoms with E-state index in [1.807, 2.05) is 18.2 Å². The minimum Gasteiger partial charge on any atom is -0.458 e. The van der Waals surface area contributed by atoms with Gasteiger partial charge in [0.2, 0.25) is 0 Å². The topological polar surface area (TPSA) is 81.4 Å². The van der Waals surface area contributed by atoms with Gasteiger partial charge in [-0.2, -0.15) is 0 Å². The SMILES string of the molecule is CCC1(O)C(=O)OCc2c1cc1n(c2=O)Cc2cc3cc(Cl)ccc3nc2-1. The number of nitrogens with zero attached hydrogens (tertiary/aromatic N) is 2. The highest BCUT2D eigenvalue weighted by atomic mass is 35.5. The predicted octanol–water partition coefficient (Wildman–Crippen LogP) is 2.73. The van der Waals surface area contributed by atoms with Gasteiger partial charge >= 0.3 is 5.97 Å². The molecule has 3 aromatic rings. The third-order valence-corrected chi connectivity index (χ3v) is 5.70. The smallest absolute Gasteiger partial charge is 0.343 e. The summed E-state index contributed by atoms with van der Waals surface area (Å²) in [6.07, 6.45) is 0.123. The van der Waals surface area contributed by atoms with Crippen molar-refractivity contribution in [1.82, 2.24) is 9.55 Å². The summed E-state index contributed by atoms with van der Waals surface area (Å²) < 4.78 is 6.69. The fourth-order valence-electron chi connectivity index (χ4n) is 3.96. The second-order valence-electron chi connectivity index (χ2n) is 6.94. The molecule has 0 saturated carbocycles. The Bertz CT molecular complexity index is 1220. The van der Waals surface area contributed by atoms with Gasteiger partial charge in [0.25, 0.3) is 5.56 Å². The van der Waals surface area contributed by atoms with Crippen LogP contribution in [0.25, 0.3) is 22.3 Å². The first kappa shape index (κ1) is 16.5. The van der Waals surface area contributed by atoms with Crippen LogP contribution >= 0.6 is 11.6 Å². The molecule has 0 bridgehead atoms. The predicted molar refractivity (Wildman–Crippen MR) is 99.5 cm³/mol. The molecule has 7 heteroatoms. The molecule has 27 heavy (non-hydrogen) atoms. The van der Waals surface area contributed by atoms with Crippen LogP contribution in [0, 0.1) is 0 Å². The van der Waals surface area contributed by atoms with E-state index in [1.54, 1.807) is 23.6 Å². The number of esters is 1. The second-order valence-corrected chi connectivity index (χ2v) is 7.37. The average molecular weight is 383 g/mol. The molecule has 2 aliphatic rings. The van der Waals surface area contributed by atoms with Crippen molar-refractivity contribution < 1.29 is 14.6 Å². The molecule has 4 heterocycles. The van der Waals surface area contributed by atoms with E-state index in [2.05, 4.69) is 0 Å². The monoisotopic (exact) mass is 382 g/mol. The second kappa shape index (κ2) is 5.41. The van der Waals surface area contributed by atoms with Gasteiger partial charge in [-0.05, 0) is 36.8 Å². The van der Waals surface area contributed by atoms with E-state index in [1.165, 1.54) is 0 Å². The van der Waals surface area contributed by atoms with Crippen molar-refractivity contribution in [3.63, 3.8) is 0 Å². The number of aromatic nitrogens is 2. The van der Waals surface area contributed by atoms with Crippen LogP contribution in [0.2, 0.25) is 5.02 Å². The fourth-order valence-corrected chi connectivity index (χ4v) is 4.14. The van der Waals surface area contributed by atoms with Crippen LogP contribution in [0.1, 0.15) is 30.0 Å². The summed E-state index contributed by atoms with van der Waals surface area (Å²) in [6.45, 7) is 1.94. The number of pyridine rings is 2. The van der Waals surface area contributed by atoms with E-state index in [0.29, 0.717) is 34.1 Å². The van der Waals surface area contributed by atoms with Crippen LogP contribution in [-0.4, -0.2) is 20.6 Å². The van der Waals surface area contributed by atoms with Crippen LogP contribution in [0.5, 0.6) is 0 Å². The first-order valence-corrected chi connectivity index (χ1v) is 9.06. The van der Waals surface area contributed by atoms with Crippen molar-refractivity contribution >= 4 is 28.5 Å². The zero-order valence-electron chi connectivity index (χ0n) is 14.5. The lowest BCUT2D eigenvalue weighted by atomic mass is 9.86. The maximum Gasteiger partial charge on any atom is 0.343 e. The number of hydrogen-bond acceptors (Lipinski definition) is 5. The highest BCUT2D eigenvalue weighted by molar-refractivity contribution is 6.31. The highest BCUT2D eigenvalue weighted by Crippen LogP contribution is 2.38. The maximum absolute atomic E-state index is 13.0. The van der Waals surface area contributed by atoms with Crippen LogP contribution in [0.4, 0.5) is 0 Å². The van der Waals surface area contributed by atoms with Gasteiger partial charge in [-0.1, -0.05) is 18.5 Å². The number of carbonyl (C=O) groups excluding carboxylic acids is 1. The number of hydrogen-bond donors (Lipinski definition) is 1. The molecule has 1 unspecified atom stereocenters. The normalized spacial score (nSPS) is 20.2. The standard InChI is InChI=1S/C20H15ClN2O4/c1-2-20(26)14-7-16-17-11(5-10-6-12(21)3-4-15(10)22-17)8-23(16)18(24)13(14)9-27-19(20)25/h3-7,26H,2,8-9H2,1H3. The van der Waals surface area contributed by atoms with Gasteiger partial charge in [-0.15, -0.1) is 0 Å². The van der Waals surface area contributed by atoms with Gasteiger partial charge < -0.3 is 14.4 Å². The summed E-state index contributed by atoms with van der Waals surface area (Å²) in [5.41, 5.74) is 1.52. The lowest BCUT2D eigenvalue weighted by Gasteiger charge is -2.31. The van der Waals surface area contributed by atoms with Crippen molar-refractivity contribution in [2.24, 2.45) is 0 Å². The van der Waals surface area contributed by atoms with Crippen LogP contribution in [-0.2, 0) is 28.3 Å². The van der Waals surface area contributed by atoms with Gasteiger partial charge in [0.1, 0.15) is 6.61 Å². The number of aliphatic hydroxyl groups is 1. The molecular formula is C20H15ClN2O4. The fraction of sp³-hybridized carbons (Fsp3) is 0.250. The lowest BCUT2D eigenvalue weighted by molar-refractivity contribution is -0.172. The van der Waals surface area contributed by atoms with Gasteiger partial charge in [-0.25, -0.2) is 9.78 Å². The van der Waals surface area contributed by atoms with Gasteiger partial charge in [-0.3, -0.25) is 4.79 Å². The zero-order valence-corrected chi connectivity index (χ0v) is 15.2. The number of ether oxygens (including phenoxy) is 1. The van der Waals surface area contributed by atoms with Crippen LogP contribution < -0.4 is 5.56 Å². The van der Waals surface area contributed by atoms with Crippen molar-refractivity contribution in [3.8, 4) is 11.4 Å². The number of cyclic esters (lactones) is 1. The minimum absolute atomic E-state index is 0.123. The van der Waals surface area contributed by atoms with Crippen LogP contribution in [0.3, 0.4) is 0 Å². The zero-order chi connectivity index (χ0) is 18.9. The third kappa shape index (κ3) is 2.14. The molecule has 2 aromatic heterocycles. The largest absolute Gasteiger partial charge is 0.458 e. The quantitative estimate of drug-likeness (QED) is 0.512. The summed E-state index contributed by atoms with van der Waals surface area (Å²) in [4.78, 5) is 29.9. The Labute approximate surface area is 159 Å². The Morgan fingerprint density at radius 2 is 2.11 bits per heavy atom. The molecule has 2 aliphatic heterocycles. The van der Waals surface area contributed by atoms with Crippen molar-refractivity contribution in [2.45, 2.75) is 32.1 Å². The molecule has 136 valence electrons. The van der Waals surface area contributed by atoms with E-state index in [9.17, 15) is 14.7 Å². The minimum atomic E-state index is -1.81. The molecule has 0 aliphatic carbocycles.